The molecular weight excluding hydrogens is 356 g/mol. The number of nitrogens with zero attached hydrogens (tertiary/aromatic N) is 2. The minimum atomic E-state index is 0.644. The zero-order valence-electron chi connectivity index (χ0n) is 18.4. The van der Waals surface area contributed by atoms with E-state index < -0.39 is 0 Å². The summed E-state index contributed by atoms with van der Waals surface area (Å²) in [5.41, 5.74) is 2.37. The minimum absolute atomic E-state index is 0.644. The smallest absolute Gasteiger partial charge is 0.159 e. The lowest BCUT2D eigenvalue weighted by atomic mass is 9.77. The van der Waals surface area contributed by atoms with Crippen LogP contribution in [0.5, 0.6) is 5.75 Å². The normalized spacial score (nSPS) is 19.2. The Morgan fingerprint density at radius 3 is 2.14 bits per heavy atom. The third-order valence-electron chi connectivity index (χ3n) is 6.34. The first-order valence-corrected chi connectivity index (χ1v) is 11.8. The number of unbranched alkanes of at least 4 members (excludes halogenated alkanes) is 4. The van der Waals surface area contributed by atoms with Crippen LogP contribution in [-0.4, -0.2) is 16.6 Å². The van der Waals surface area contributed by atoms with Gasteiger partial charge in [0.25, 0.3) is 0 Å². The lowest BCUT2D eigenvalue weighted by molar-refractivity contribution is 0.302. The molecule has 158 valence electrons. The third-order valence-corrected chi connectivity index (χ3v) is 6.34. The van der Waals surface area contributed by atoms with Crippen molar-refractivity contribution in [2.24, 2.45) is 5.92 Å². The topological polar surface area (TPSA) is 35.0 Å². The number of benzene rings is 1. The zero-order valence-corrected chi connectivity index (χ0v) is 18.4. The van der Waals surface area contributed by atoms with E-state index in [4.69, 9.17) is 4.74 Å². The summed E-state index contributed by atoms with van der Waals surface area (Å²) in [6.45, 7) is 5.29. The molecular formula is C26H38N2O. The van der Waals surface area contributed by atoms with Crippen molar-refractivity contribution in [3.05, 3.63) is 42.2 Å². The van der Waals surface area contributed by atoms with Crippen molar-refractivity contribution in [3.8, 4) is 17.1 Å². The quantitative estimate of drug-likeness (QED) is 0.369. The van der Waals surface area contributed by atoms with E-state index in [1.54, 1.807) is 0 Å². The first-order valence-electron chi connectivity index (χ1n) is 11.8. The van der Waals surface area contributed by atoms with Crippen molar-refractivity contribution in [1.82, 2.24) is 9.97 Å². The summed E-state index contributed by atoms with van der Waals surface area (Å²) < 4.78 is 5.80. The van der Waals surface area contributed by atoms with Gasteiger partial charge in [0.2, 0.25) is 0 Å². The van der Waals surface area contributed by atoms with Gasteiger partial charge in [-0.15, -0.1) is 0 Å². The Balaban J connectivity index is 1.49. The van der Waals surface area contributed by atoms with E-state index in [9.17, 15) is 0 Å². The Kier molecular flexibility index (Phi) is 8.98. The van der Waals surface area contributed by atoms with Crippen LogP contribution in [-0.2, 0) is 0 Å². The third kappa shape index (κ3) is 6.83. The van der Waals surface area contributed by atoms with Gasteiger partial charge in [0, 0.05) is 18.0 Å². The summed E-state index contributed by atoms with van der Waals surface area (Å²) in [4.78, 5) is 9.34. The molecule has 2 aromatic rings. The van der Waals surface area contributed by atoms with Gasteiger partial charge in [-0.05, 0) is 73.8 Å². The minimum Gasteiger partial charge on any atom is -0.494 e. The molecule has 3 rings (SSSR count). The number of rotatable bonds is 11. The molecule has 1 aliphatic carbocycles. The molecule has 1 aromatic carbocycles. The van der Waals surface area contributed by atoms with Crippen molar-refractivity contribution in [2.75, 3.05) is 6.61 Å². The average Bonchev–Trinajstić information content (AvgIpc) is 2.78. The fraction of sp³-hybridized carbons (Fsp3) is 0.615. The van der Waals surface area contributed by atoms with Gasteiger partial charge in [-0.3, -0.25) is 0 Å². The lowest BCUT2D eigenvalue weighted by Gasteiger charge is -2.28. The van der Waals surface area contributed by atoms with Crippen LogP contribution in [0.2, 0.25) is 0 Å². The van der Waals surface area contributed by atoms with Crippen LogP contribution in [0.1, 0.15) is 96.0 Å². The summed E-state index contributed by atoms with van der Waals surface area (Å²) in [6, 6.07) is 8.17. The Morgan fingerprint density at radius 2 is 1.48 bits per heavy atom. The summed E-state index contributed by atoms with van der Waals surface area (Å²) in [7, 11) is 0. The van der Waals surface area contributed by atoms with Gasteiger partial charge in [0.15, 0.2) is 5.82 Å². The van der Waals surface area contributed by atoms with Gasteiger partial charge in [-0.25, -0.2) is 9.97 Å². The van der Waals surface area contributed by atoms with Gasteiger partial charge in [0.05, 0.1) is 6.61 Å². The number of aromatic nitrogens is 2. The van der Waals surface area contributed by atoms with Crippen molar-refractivity contribution in [2.45, 2.75) is 90.4 Å². The second-order valence-electron chi connectivity index (χ2n) is 8.63. The van der Waals surface area contributed by atoms with E-state index in [1.807, 2.05) is 12.1 Å². The van der Waals surface area contributed by atoms with Gasteiger partial charge in [-0.1, -0.05) is 52.4 Å². The molecule has 0 saturated heterocycles. The van der Waals surface area contributed by atoms with Gasteiger partial charge < -0.3 is 4.74 Å². The van der Waals surface area contributed by atoms with Gasteiger partial charge in [-0.2, -0.15) is 0 Å². The monoisotopic (exact) mass is 394 g/mol. The van der Waals surface area contributed by atoms with Gasteiger partial charge >= 0.3 is 0 Å². The van der Waals surface area contributed by atoms with Crippen LogP contribution in [0.4, 0.5) is 0 Å². The van der Waals surface area contributed by atoms with E-state index in [0.717, 1.165) is 36.1 Å². The molecule has 0 radical (unpaired) electrons. The highest BCUT2D eigenvalue weighted by molar-refractivity contribution is 5.56. The van der Waals surface area contributed by atoms with Crippen LogP contribution in [0.3, 0.4) is 0 Å². The summed E-state index contributed by atoms with van der Waals surface area (Å²) in [5, 5.41) is 0. The van der Waals surface area contributed by atoms with Crippen LogP contribution in [0.25, 0.3) is 11.4 Å². The van der Waals surface area contributed by atoms with Crippen LogP contribution >= 0.6 is 0 Å². The molecule has 1 aromatic heterocycles. The van der Waals surface area contributed by atoms with E-state index in [1.165, 1.54) is 69.8 Å². The Bertz CT molecular complexity index is 688. The maximum atomic E-state index is 5.80. The van der Waals surface area contributed by atoms with E-state index >= 15 is 0 Å². The van der Waals surface area contributed by atoms with Gasteiger partial charge in [0.1, 0.15) is 5.75 Å². The standard InChI is InChI=1S/C26H38N2O/c1-3-5-7-9-21-10-12-22(13-11-21)24-19-27-26(28-20-24)23-14-16-25(17-15-23)29-18-8-6-4-2/h14-17,19-22H,3-13,18H2,1-2H3. The highest BCUT2D eigenvalue weighted by Gasteiger charge is 2.22. The molecule has 0 N–H and O–H groups in total. The van der Waals surface area contributed by atoms with Crippen molar-refractivity contribution >= 4 is 0 Å². The number of hydrogen-bond donors (Lipinski definition) is 0. The fourth-order valence-electron chi connectivity index (χ4n) is 4.41. The maximum absolute atomic E-state index is 5.80. The largest absolute Gasteiger partial charge is 0.494 e. The molecule has 1 aliphatic rings. The molecule has 3 nitrogen and oxygen atoms in total. The number of ether oxygens (including phenoxy) is 1. The zero-order chi connectivity index (χ0) is 20.3. The predicted octanol–water partition coefficient (Wildman–Crippen LogP) is 7.57. The van der Waals surface area contributed by atoms with Crippen molar-refractivity contribution < 1.29 is 4.74 Å². The van der Waals surface area contributed by atoms with Crippen molar-refractivity contribution in [3.63, 3.8) is 0 Å². The SMILES string of the molecule is CCCCCOc1ccc(-c2ncc(C3CCC(CCCCC)CC3)cn2)cc1. The first kappa shape index (κ1) is 21.8. The van der Waals surface area contributed by atoms with E-state index in [2.05, 4.69) is 48.3 Å². The predicted molar refractivity (Wildman–Crippen MR) is 121 cm³/mol. The molecule has 29 heavy (non-hydrogen) atoms. The molecule has 0 spiro atoms. The molecule has 1 heterocycles. The Labute approximate surface area is 177 Å². The van der Waals surface area contributed by atoms with Crippen molar-refractivity contribution in [1.29, 1.82) is 0 Å². The molecule has 0 unspecified atom stereocenters. The molecule has 3 heteroatoms. The molecule has 0 amide bonds. The second-order valence-corrected chi connectivity index (χ2v) is 8.63. The van der Waals surface area contributed by atoms with Crippen LogP contribution in [0, 0.1) is 5.92 Å². The summed E-state index contributed by atoms with van der Waals surface area (Å²) in [6.07, 6.45) is 18.5. The second kappa shape index (κ2) is 11.9. The average molecular weight is 395 g/mol. The lowest BCUT2D eigenvalue weighted by Crippen LogP contribution is -2.14. The van der Waals surface area contributed by atoms with Crippen LogP contribution < -0.4 is 4.74 Å². The summed E-state index contributed by atoms with van der Waals surface area (Å²) in [5.74, 6) is 3.32. The summed E-state index contributed by atoms with van der Waals surface area (Å²) >= 11 is 0. The van der Waals surface area contributed by atoms with Crippen LogP contribution in [0.15, 0.2) is 36.7 Å². The van der Waals surface area contributed by atoms with E-state index in [-0.39, 0.29) is 0 Å². The van der Waals surface area contributed by atoms with E-state index in [0.29, 0.717) is 5.92 Å². The molecule has 1 saturated carbocycles. The Morgan fingerprint density at radius 1 is 0.828 bits per heavy atom. The fourth-order valence-corrected chi connectivity index (χ4v) is 4.41. The highest BCUT2D eigenvalue weighted by atomic mass is 16.5. The highest BCUT2D eigenvalue weighted by Crippen LogP contribution is 2.37. The molecule has 0 atom stereocenters. The first-order chi connectivity index (χ1) is 14.3. The molecule has 0 aliphatic heterocycles. The maximum Gasteiger partial charge on any atom is 0.159 e. The Hall–Kier alpha value is -1.90. The number of hydrogen-bond acceptors (Lipinski definition) is 3. The molecule has 0 bridgehead atoms. The molecule has 1 fully saturated rings.